The maximum Gasteiger partial charge on any atom is 0.158 e. The van der Waals surface area contributed by atoms with Crippen LogP contribution < -0.4 is 0 Å². The standard InChI is InChI=1S/C8H14O3/c1-2-5-10-8-4-3-7(9)6-11-8/h2,7-9H,1,3-6H2. The van der Waals surface area contributed by atoms with Crippen molar-refractivity contribution < 1.29 is 14.6 Å². The normalized spacial score (nSPS) is 31.7. The van der Waals surface area contributed by atoms with Gasteiger partial charge in [-0.05, 0) is 6.42 Å². The van der Waals surface area contributed by atoms with Gasteiger partial charge in [-0.2, -0.15) is 0 Å². The largest absolute Gasteiger partial charge is 0.391 e. The zero-order valence-electron chi connectivity index (χ0n) is 6.53. The van der Waals surface area contributed by atoms with Crippen molar-refractivity contribution in [2.24, 2.45) is 0 Å². The van der Waals surface area contributed by atoms with Gasteiger partial charge in [0.25, 0.3) is 0 Å². The lowest BCUT2D eigenvalue weighted by atomic mass is 10.1. The van der Waals surface area contributed by atoms with Gasteiger partial charge in [0, 0.05) is 6.42 Å². The van der Waals surface area contributed by atoms with Gasteiger partial charge in [0.05, 0.1) is 19.3 Å². The molecule has 0 saturated carbocycles. The molecule has 1 aliphatic rings. The smallest absolute Gasteiger partial charge is 0.158 e. The molecule has 0 spiro atoms. The molecule has 0 aromatic carbocycles. The van der Waals surface area contributed by atoms with Crippen LogP contribution in [0.5, 0.6) is 0 Å². The third-order valence-electron chi connectivity index (χ3n) is 1.61. The van der Waals surface area contributed by atoms with Gasteiger partial charge in [0.15, 0.2) is 6.29 Å². The molecular formula is C8H14O3. The van der Waals surface area contributed by atoms with Crippen LogP contribution in [0, 0.1) is 0 Å². The van der Waals surface area contributed by atoms with Crippen LogP contribution in [0.2, 0.25) is 0 Å². The van der Waals surface area contributed by atoms with E-state index in [0.717, 1.165) is 12.8 Å². The molecule has 2 unspecified atom stereocenters. The highest BCUT2D eigenvalue weighted by molar-refractivity contribution is 4.67. The van der Waals surface area contributed by atoms with Crippen molar-refractivity contribution in [2.45, 2.75) is 25.2 Å². The first kappa shape index (κ1) is 8.71. The Hall–Kier alpha value is -0.380. The summed E-state index contributed by atoms with van der Waals surface area (Å²) in [6, 6.07) is 0. The minimum Gasteiger partial charge on any atom is -0.391 e. The summed E-state index contributed by atoms with van der Waals surface area (Å²) in [5.41, 5.74) is 0. The number of rotatable bonds is 3. The van der Waals surface area contributed by atoms with Gasteiger partial charge in [-0.15, -0.1) is 6.58 Å². The first-order chi connectivity index (χ1) is 5.33. The second kappa shape index (κ2) is 4.49. The van der Waals surface area contributed by atoms with Crippen LogP contribution in [0.15, 0.2) is 12.7 Å². The van der Waals surface area contributed by atoms with Crippen molar-refractivity contribution in [2.75, 3.05) is 13.2 Å². The van der Waals surface area contributed by atoms with Crippen LogP contribution in [-0.2, 0) is 9.47 Å². The van der Waals surface area contributed by atoms with Crippen molar-refractivity contribution >= 4 is 0 Å². The molecule has 0 aromatic heterocycles. The molecule has 64 valence electrons. The van der Waals surface area contributed by atoms with Crippen LogP contribution in [0.4, 0.5) is 0 Å². The molecule has 1 fully saturated rings. The number of hydrogen-bond donors (Lipinski definition) is 1. The summed E-state index contributed by atoms with van der Waals surface area (Å²) >= 11 is 0. The van der Waals surface area contributed by atoms with E-state index in [1.807, 2.05) is 0 Å². The highest BCUT2D eigenvalue weighted by Crippen LogP contribution is 2.13. The van der Waals surface area contributed by atoms with Crippen LogP contribution in [-0.4, -0.2) is 30.7 Å². The summed E-state index contributed by atoms with van der Waals surface area (Å²) in [6.07, 6.45) is 2.78. The summed E-state index contributed by atoms with van der Waals surface area (Å²) in [4.78, 5) is 0. The van der Waals surface area contributed by atoms with Gasteiger partial charge in [-0.1, -0.05) is 6.08 Å². The molecule has 1 rings (SSSR count). The van der Waals surface area contributed by atoms with E-state index in [9.17, 15) is 0 Å². The molecule has 3 heteroatoms. The maximum atomic E-state index is 9.05. The first-order valence-electron chi connectivity index (χ1n) is 3.85. The van der Waals surface area contributed by atoms with Crippen LogP contribution in [0.3, 0.4) is 0 Å². The Morgan fingerprint density at radius 2 is 2.45 bits per heavy atom. The van der Waals surface area contributed by atoms with Crippen LogP contribution in [0.1, 0.15) is 12.8 Å². The van der Waals surface area contributed by atoms with Gasteiger partial charge in [0.1, 0.15) is 0 Å². The Morgan fingerprint density at radius 1 is 1.64 bits per heavy atom. The van der Waals surface area contributed by atoms with E-state index in [4.69, 9.17) is 14.6 Å². The van der Waals surface area contributed by atoms with Gasteiger partial charge >= 0.3 is 0 Å². The number of aliphatic hydroxyl groups is 1. The molecule has 0 amide bonds. The molecule has 1 heterocycles. The third kappa shape index (κ3) is 3.01. The van der Waals surface area contributed by atoms with E-state index in [1.54, 1.807) is 6.08 Å². The molecule has 2 atom stereocenters. The summed E-state index contributed by atoms with van der Waals surface area (Å²) in [5, 5.41) is 9.05. The Bertz CT molecular complexity index is 117. The van der Waals surface area contributed by atoms with Crippen molar-refractivity contribution in [1.29, 1.82) is 0 Å². The number of ether oxygens (including phenoxy) is 2. The Morgan fingerprint density at radius 3 is 3.00 bits per heavy atom. The fourth-order valence-corrected chi connectivity index (χ4v) is 1.02. The molecule has 3 nitrogen and oxygen atoms in total. The van der Waals surface area contributed by atoms with Crippen LogP contribution in [0.25, 0.3) is 0 Å². The highest BCUT2D eigenvalue weighted by Gasteiger charge is 2.19. The lowest BCUT2D eigenvalue weighted by Gasteiger charge is -2.25. The molecule has 1 N–H and O–H groups in total. The second-order valence-corrected chi connectivity index (χ2v) is 2.62. The summed E-state index contributed by atoms with van der Waals surface area (Å²) < 4.78 is 10.4. The molecule has 0 radical (unpaired) electrons. The predicted molar refractivity (Wildman–Crippen MR) is 41.1 cm³/mol. The minimum absolute atomic E-state index is 0.142. The lowest BCUT2D eigenvalue weighted by Crippen LogP contribution is -2.30. The number of hydrogen-bond acceptors (Lipinski definition) is 3. The van der Waals surface area contributed by atoms with Crippen molar-refractivity contribution in [3.63, 3.8) is 0 Å². The SMILES string of the molecule is C=CCOC1CCC(O)CO1. The third-order valence-corrected chi connectivity index (χ3v) is 1.61. The first-order valence-corrected chi connectivity index (χ1v) is 3.85. The van der Waals surface area contributed by atoms with E-state index >= 15 is 0 Å². The van der Waals surface area contributed by atoms with Gasteiger partial charge in [-0.3, -0.25) is 0 Å². The van der Waals surface area contributed by atoms with Crippen molar-refractivity contribution in [1.82, 2.24) is 0 Å². The zero-order valence-corrected chi connectivity index (χ0v) is 6.53. The Balaban J connectivity index is 2.12. The van der Waals surface area contributed by atoms with Crippen molar-refractivity contribution in [3.05, 3.63) is 12.7 Å². The average molecular weight is 158 g/mol. The highest BCUT2D eigenvalue weighted by atomic mass is 16.7. The topological polar surface area (TPSA) is 38.7 Å². The van der Waals surface area contributed by atoms with E-state index in [0.29, 0.717) is 13.2 Å². The van der Waals surface area contributed by atoms with Gasteiger partial charge < -0.3 is 14.6 Å². The predicted octanol–water partition coefficient (Wildman–Crippen LogP) is 0.686. The summed E-state index contributed by atoms with van der Waals surface area (Å²) in [7, 11) is 0. The lowest BCUT2D eigenvalue weighted by molar-refractivity contribution is -0.180. The molecule has 11 heavy (non-hydrogen) atoms. The second-order valence-electron chi connectivity index (χ2n) is 2.62. The fraction of sp³-hybridized carbons (Fsp3) is 0.750. The Kier molecular flexibility index (Phi) is 3.56. The maximum absolute atomic E-state index is 9.05. The molecule has 0 bridgehead atoms. The fourth-order valence-electron chi connectivity index (χ4n) is 1.02. The molecular weight excluding hydrogens is 144 g/mol. The number of aliphatic hydroxyl groups excluding tert-OH is 1. The average Bonchev–Trinajstić information content (AvgIpc) is 2.04. The molecule has 0 aliphatic carbocycles. The summed E-state index contributed by atoms with van der Waals surface area (Å²) in [6.45, 7) is 4.44. The molecule has 0 aromatic rings. The van der Waals surface area contributed by atoms with E-state index in [-0.39, 0.29) is 12.4 Å². The van der Waals surface area contributed by atoms with E-state index in [1.165, 1.54) is 0 Å². The van der Waals surface area contributed by atoms with Gasteiger partial charge in [-0.25, -0.2) is 0 Å². The zero-order chi connectivity index (χ0) is 8.10. The minimum atomic E-state index is -0.307. The molecule has 1 saturated heterocycles. The monoisotopic (exact) mass is 158 g/mol. The van der Waals surface area contributed by atoms with E-state index in [2.05, 4.69) is 6.58 Å². The van der Waals surface area contributed by atoms with Gasteiger partial charge in [0.2, 0.25) is 0 Å². The summed E-state index contributed by atoms with van der Waals surface area (Å²) in [5.74, 6) is 0. The van der Waals surface area contributed by atoms with Crippen LogP contribution >= 0.6 is 0 Å². The quantitative estimate of drug-likeness (QED) is 0.614. The molecule has 1 aliphatic heterocycles. The van der Waals surface area contributed by atoms with E-state index < -0.39 is 0 Å². The Labute approximate surface area is 66.6 Å². The van der Waals surface area contributed by atoms with Crippen molar-refractivity contribution in [3.8, 4) is 0 Å².